The van der Waals surface area contributed by atoms with Gasteiger partial charge in [0.1, 0.15) is 5.75 Å². The third kappa shape index (κ3) is 3.22. The minimum absolute atomic E-state index is 0.0666. The molecule has 0 aliphatic carbocycles. The molecule has 4 rings (SSSR count). The molecule has 9 heteroatoms. The molecule has 0 bridgehead atoms. The van der Waals surface area contributed by atoms with E-state index in [4.69, 9.17) is 14.0 Å². The number of carbonyl (C=O) groups is 2. The average Bonchev–Trinajstić information content (AvgIpc) is 3.30. The third-order valence-corrected chi connectivity index (χ3v) is 5.46. The Bertz CT molecular complexity index is 897. The zero-order chi connectivity index (χ0) is 19.7. The molecule has 0 saturated carbocycles. The predicted octanol–water partition coefficient (Wildman–Crippen LogP) is 1.52. The Kier molecular flexibility index (Phi) is 4.76. The third-order valence-electron chi connectivity index (χ3n) is 5.46. The van der Waals surface area contributed by atoms with Gasteiger partial charge in [0.15, 0.2) is 6.61 Å². The maximum Gasteiger partial charge on any atom is 0.311 e. The van der Waals surface area contributed by atoms with Crippen LogP contribution in [0.25, 0.3) is 0 Å². The summed E-state index contributed by atoms with van der Waals surface area (Å²) >= 11 is 0. The molecule has 3 heterocycles. The molecule has 1 amide bonds. The molecule has 9 nitrogen and oxygen atoms in total. The molecule has 148 valence electrons. The maximum absolute atomic E-state index is 13.2. The highest BCUT2D eigenvalue weighted by molar-refractivity contribution is 5.97. The molecule has 1 N–H and O–H groups in total. The summed E-state index contributed by atoms with van der Waals surface area (Å²) < 4.78 is 16.1. The fraction of sp³-hybridized carbons (Fsp3) is 0.474. The fourth-order valence-electron chi connectivity index (χ4n) is 3.94. The largest absolute Gasteiger partial charge is 0.485 e. The topological polar surface area (TPSA) is 115 Å². The number of carbonyl (C=O) groups excluding carboxylic acids is 1. The van der Waals surface area contributed by atoms with Crippen LogP contribution in [0.3, 0.4) is 0 Å². The van der Waals surface area contributed by atoms with Crippen LogP contribution < -0.4 is 4.74 Å². The van der Waals surface area contributed by atoms with Crippen molar-refractivity contribution in [1.29, 1.82) is 0 Å². The molecule has 2 aromatic rings. The van der Waals surface area contributed by atoms with Crippen LogP contribution in [0.15, 0.2) is 28.8 Å². The Morgan fingerprint density at radius 3 is 2.93 bits per heavy atom. The van der Waals surface area contributed by atoms with E-state index < -0.39 is 11.4 Å². The predicted molar refractivity (Wildman–Crippen MR) is 94.7 cm³/mol. The van der Waals surface area contributed by atoms with E-state index in [0.717, 1.165) is 0 Å². The Labute approximate surface area is 161 Å². The summed E-state index contributed by atoms with van der Waals surface area (Å²) in [6, 6.07) is 6.88. The van der Waals surface area contributed by atoms with Crippen LogP contribution in [-0.4, -0.2) is 58.3 Å². The van der Waals surface area contributed by atoms with Gasteiger partial charge >= 0.3 is 5.97 Å². The second-order valence-corrected chi connectivity index (χ2v) is 7.18. The van der Waals surface area contributed by atoms with Crippen molar-refractivity contribution in [3.05, 3.63) is 41.5 Å². The van der Waals surface area contributed by atoms with Crippen molar-refractivity contribution in [2.75, 3.05) is 26.3 Å². The van der Waals surface area contributed by atoms with Gasteiger partial charge in [-0.2, -0.15) is 4.98 Å². The summed E-state index contributed by atoms with van der Waals surface area (Å²) in [5.74, 6) is -0.121. The number of likely N-dealkylation sites (tertiary alicyclic amines) is 1. The Hall–Kier alpha value is -2.94. The first kappa shape index (κ1) is 18.4. The molecule has 2 aliphatic heterocycles. The van der Waals surface area contributed by atoms with Crippen LogP contribution in [0.4, 0.5) is 0 Å². The standard InChI is InChI=1S/C19H21N3O6/c1-12-20-16(21-28-12)10-27-15-5-3-2-4-14(15)17(23)22-8-13-9-26-7-6-19(13,11-22)18(24)25/h2-5,13H,6-11H2,1H3,(H,24,25)/t13-,19+/m0/s1. The number of nitrogens with zero attached hydrogens (tertiary/aromatic N) is 3. The van der Waals surface area contributed by atoms with Crippen LogP contribution >= 0.6 is 0 Å². The minimum Gasteiger partial charge on any atom is -0.485 e. The summed E-state index contributed by atoms with van der Waals surface area (Å²) in [5.41, 5.74) is -0.561. The Balaban J connectivity index is 1.53. The van der Waals surface area contributed by atoms with Crippen LogP contribution in [0.1, 0.15) is 28.5 Å². The number of fused-ring (bicyclic) bond motifs is 1. The summed E-state index contributed by atoms with van der Waals surface area (Å²) in [6.45, 7) is 3.02. The number of aliphatic carboxylic acids is 1. The number of para-hydroxylation sites is 1. The smallest absolute Gasteiger partial charge is 0.311 e. The number of aryl methyl sites for hydroxylation is 1. The van der Waals surface area contributed by atoms with E-state index in [1.165, 1.54) is 0 Å². The SMILES string of the molecule is Cc1nc(COc2ccccc2C(=O)N2C[C@H]3COCC[C@@]3(C(=O)O)C2)no1. The molecule has 2 saturated heterocycles. The van der Waals surface area contributed by atoms with Gasteiger partial charge in [-0.25, -0.2) is 0 Å². The quantitative estimate of drug-likeness (QED) is 0.821. The summed E-state index contributed by atoms with van der Waals surface area (Å²) in [6.07, 6.45) is 0.409. The number of ether oxygens (including phenoxy) is 2. The second kappa shape index (κ2) is 7.23. The molecule has 28 heavy (non-hydrogen) atoms. The van der Waals surface area contributed by atoms with E-state index >= 15 is 0 Å². The normalized spacial score (nSPS) is 24.0. The van der Waals surface area contributed by atoms with E-state index in [2.05, 4.69) is 10.1 Å². The number of rotatable bonds is 5. The van der Waals surface area contributed by atoms with E-state index in [1.807, 2.05) is 0 Å². The number of hydrogen-bond donors (Lipinski definition) is 1. The van der Waals surface area contributed by atoms with Gasteiger partial charge in [-0.15, -0.1) is 0 Å². The summed E-state index contributed by atoms with van der Waals surface area (Å²) in [4.78, 5) is 30.8. The number of aromatic nitrogens is 2. The zero-order valence-corrected chi connectivity index (χ0v) is 15.5. The van der Waals surface area contributed by atoms with E-state index in [9.17, 15) is 14.7 Å². The minimum atomic E-state index is -0.939. The number of amides is 1. The Morgan fingerprint density at radius 1 is 1.39 bits per heavy atom. The molecule has 2 atom stereocenters. The molecular formula is C19H21N3O6. The second-order valence-electron chi connectivity index (χ2n) is 7.18. The highest BCUT2D eigenvalue weighted by atomic mass is 16.5. The molecule has 0 unspecified atom stereocenters. The van der Waals surface area contributed by atoms with Crippen molar-refractivity contribution in [2.45, 2.75) is 20.0 Å². The van der Waals surface area contributed by atoms with Gasteiger partial charge in [0, 0.05) is 32.5 Å². The fourth-order valence-corrected chi connectivity index (χ4v) is 3.94. The number of carboxylic acids is 1. The van der Waals surface area contributed by atoms with Crippen molar-refractivity contribution >= 4 is 11.9 Å². The van der Waals surface area contributed by atoms with Crippen molar-refractivity contribution < 1.29 is 28.7 Å². The molecule has 2 fully saturated rings. The van der Waals surface area contributed by atoms with Crippen molar-refractivity contribution in [3.8, 4) is 5.75 Å². The van der Waals surface area contributed by atoms with Gasteiger partial charge in [-0.3, -0.25) is 9.59 Å². The molecule has 2 aliphatic rings. The first-order valence-corrected chi connectivity index (χ1v) is 9.11. The lowest BCUT2D eigenvalue weighted by molar-refractivity contribution is -0.157. The summed E-state index contributed by atoms with van der Waals surface area (Å²) in [7, 11) is 0. The lowest BCUT2D eigenvalue weighted by Gasteiger charge is -2.33. The van der Waals surface area contributed by atoms with E-state index in [1.54, 1.807) is 36.1 Å². The first-order valence-electron chi connectivity index (χ1n) is 9.11. The van der Waals surface area contributed by atoms with Crippen molar-refractivity contribution in [2.24, 2.45) is 11.3 Å². The number of carboxylic acid groups (broad SMARTS) is 1. The van der Waals surface area contributed by atoms with Gasteiger partial charge in [0.2, 0.25) is 11.7 Å². The lowest BCUT2D eigenvalue weighted by Crippen LogP contribution is -2.45. The Morgan fingerprint density at radius 2 is 2.21 bits per heavy atom. The zero-order valence-electron chi connectivity index (χ0n) is 15.5. The lowest BCUT2D eigenvalue weighted by atomic mass is 9.74. The van der Waals surface area contributed by atoms with Gasteiger partial charge < -0.3 is 24.0 Å². The highest BCUT2D eigenvalue weighted by Crippen LogP contribution is 2.43. The first-order chi connectivity index (χ1) is 13.5. The molecular weight excluding hydrogens is 366 g/mol. The van der Waals surface area contributed by atoms with Crippen molar-refractivity contribution in [1.82, 2.24) is 15.0 Å². The monoisotopic (exact) mass is 387 g/mol. The maximum atomic E-state index is 13.2. The molecule has 0 radical (unpaired) electrons. The van der Waals surface area contributed by atoms with E-state index in [-0.39, 0.29) is 25.0 Å². The highest BCUT2D eigenvalue weighted by Gasteiger charge is 2.55. The molecule has 1 aromatic carbocycles. The van der Waals surface area contributed by atoms with Crippen LogP contribution in [-0.2, 0) is 16.1 Å². The molecule has 0 spiro atoms. The number of benzene rings is 1. The van der Waals surface area contributed by atoms with Gasteiger partial charge in [0.25, 0.3) is 5.91 Å². The average molecular weight is 387 g/mol. The van der Waals surface area contributed by atoms with Gasteiger partial charge in [-0.1, -0.05) is 17.3 Å². The van der Waals surface area contributed by atoms with Gasteiger partial charge in [0.05, 0.1) is 17.6 Å². The van der Waals surface area contributed by atoms with Gasteiger partial charge in [-0.05, 0) is 18.6 Å². The summed E-state index contributed by atoms with van der Waals surface area (Å²) in [5, 5.41) is 13.6. The van der Waals surface area contributed by atoms with E-state index in [0.29, 0.717) is 49.2 Å². The molecule has 1 aromatic heterocycles. The number of hydrogen-bond acceptors (Lipinski definition) is 7. The van der Waals surface area contributed by atoms with Crippen molar-refractivity contribution in [3.63, 3.8) is 0 Å². The van der Waals surface area contributed by atoms with Crippen LogP contribution in [0, 0.1) is 18.3 Å². The van der Waals surface area contributed by atoms with Crippen LogP contribution in [0.5, 0.6) is 5.75 Å². The van der Waals surface area contributed by atoms with Crippen LogP contribution in [0.2, 0.25) is 0 Å².